The molecule has 1 aliphatic rings. The average molecular weight is 491 g/mol. The molecule has 3 unspecified atom stereocenters. The van der Waals surface area contributed by atoms with Gasteiger partial charge in [0.2, 0.25) is 0 Å². The lowest BCUT2D eigenvalue weighted by Crippen LogP contribution is -2.61. The van der Waals surface area contributed by atoms with Crippen LogP contribution in [0.25, 0.3) is 0 Å². The molecule has 36 heavy (non-hydrogen) atoms. The van der Waals surface area contributed by atoms with E-state index >= 15 is 0 Å². The number of hydrogen-bond acceptors (Lipinski definition) is 6. The van der Waals surface area contributed by atoms with E-state index in [9.17, 15) is 5.11 Å². The van der Waals surface area contributed by atoms with Crippen LogP contribution in [0.5, 0.6) is 0 Å². The van der Waals surface area contributed by atoms with E-state index in [-0.39, 0.29) is 13.2 Å². The normalized spacial score (nSPS) is 23.9. The van der Waals surface area contributed by atoms with Gasteiger partial charge in [0.15, 0.2) is 6.29 Å². The van der Waals surface area contributed by atoms with Crippen molar-refractivity contribution in [3.8, 4) is 0 Å². The lowest BCUT2D eigenvalue weighted by atomic mass is 9.98. The van der Waals surface area contributed by atoms with Crippen LogP contribution in [0.1, 0.15) is 16.7 Å². The molecule has 1 heterocycles. The van der Waals surface area contributed by atoms with E-state index in [0.29, 0.717) is 19.8 Å². The lowest BCUT2D eigenvalue weighted by molar-refractivity contribution is -0.316. The maximum absolute atomic E-state index is 11.2. The third-order valence-corrected chi connectivity index (χ3v) is 5.96. The van der Waals surface area contributed by atoms with Crippen LogP contribution in [-0.4, -0.2) is 49.0 Å². The van der Waals surface area contributed by atoms with Crippen molar-refractivity contribution in [1.29, 1.82) is 0 Å². The Labute approximate surface area is 213 Å². The zero-order valence-electron chi connectivity index (χ0n) is 20.4. The van der Waals surface area contributed by atoms with Crippen LogP contribution in [0.2, 0.25) is 0 Å². The van der Waals surface area contributed by atoms with E-state index in [4.69, 9.17) is 23.7 Å². The summed E-state index contributed by atoms with van der Waals surface area (Å²) in [4.78, 5) is 0. The van der Waals surface area contributed by atoms with Gasteiger partial charge in [0.05, 0.1) is 33.0 Å². The topological polar surface area (TPSA) is 66.4 Å². The van der Waals surface area contributed by atoms with Gasteiger partial charge in [0.1, 0.15) is 24.4 Å². The van der Waals surface area contributed by atoms with E-state index in [2.05, 4.69) is 6.58 Å². The fraction of sp³-hybridized carbons (Fsp3) is 0.333. The predicted molar refractivity (Wildman–Crippen MR) is 137 cm³/mol. The lowest BCUT2D eigenvalue weighted by Gasteiger charge is -2.44. The first kappa shape index (κ1) is 26.2. The van der Waals surface area contributed by atoms with Crippen molar-refractivity contribution in [2.75, 3.05) is 13.2 Å². The molecule has 0 aromatic heterocycles. The number of aliphatic hydroxyl groups is 1. The highest BCUT2D eigenvalue weighted by Gasteiger charge is 2.47. The highest BCUT2D eigenvalue weighted by molar-refractivity contribution is 5.15. The Kier molecular flexibility index (Phi) is 10.2. The number of ether oxygens (including phenoxy) is 5. The summed E-state index contributed by atoms with van der Waals surface area (Å²) in [5.74, 6) is 0. The first-order chi connectivity index (χ1) is 17.7. The van der Waals surface area contributed by atoms with Crippen molar-refractivity contribution in [2.45, 2.75) is 50.5 Å². The molecular weight excluding hydrogens is 456 g/mol. The predicted octanol–water partition coefficient (Wildman–Crippen LogP) is 4.66. The summed E-state index contributed by atoms with van der Waals surface area (Å²) in [7, 11) is 0. The molecule has 0 aliphatic carbocycles. The standard InChI is InChI=1S/C30H34O6/c1-2-18-33-30-27(31)29(35-21-25-16-10-5-11-17-25)28(34-20-24-14-8-4-9-15-24)26(36-30)22-32-19-23-12-6-3-7-13-23/h2-17,26-31H,1,18-22H2/t26?,27?,28-,29?,30+/m1/s1. The van der Waals surface area contributed by atoms with Crippen molar-refractivity contribution in [1.82, 2.24) is 0 Å². The average Bonchev–Trinajstić information content (AvgIpc) is 2.93. The maximum atomic E-state index is 11.2. The van der Waals surface area contributed by atoms with E-state index in [1.807, 2.05) is 91.0 Å². The molecule has 1 N–H and O–H groups in total. The summed E-state index contributed by atoms with van der Waals surface area (Å²) in [5, 5.41) is 11.2. The molecule has 0 spiro atoms. The van der Waals surface area contributed by atoms with Gasteiger partial charge in [-0.15, -0.1) is 6.58 Å². The fourth-order valence-corrected chi connectivity index (χ4v) is 4.12. The van der Waals surface area contributed by atoms with Crippen molar-refractivity contribution >= 4 is 0 Å². The van der Waals surface area contributed by atoms with Crippen molar-refractivity contribution in [3.63, 3.8) is 0 Å². The molecule has 6 heteroatoms. The van der Waals surface area contributed by atoms with Crippen LogP contribution >= 0.6 is 0 Å². The summed E-state index contributed by atoms with van der Waals surface area (Å²) in [6, 6.07) is 29.7. The third kappa shape index (κ3) is 7.58. The Morgan fingerprint density at radius 1 is 0.694 bits per heavy atom. The monoisotopic (exact) mass is 490 g/mol. The Morgan fingerprint density at radius 3 is 1.72 bits per heavy atom. The highest BCUT2D eigenvalue weighted by atomic mass is 16.7. The van der Waals surface area contributed by atoms with Crippen LogP contribution in [0.4, 0.5) is 0 Å². The maximum Gasteiger partial charge on any atom is 0.187 e. The summed E-state index contributed by atoms with van der Waals surface area (Å²) in [6.45, 7) is 5.29. The Balaban J connectivity index is 1.51. The molecule has 1 fully saturated rings. The number of aliphatic hydroxyl groups excluding tert-OH is 1. The molecule has 6 nitrogen and oxygen atoms in total. The zero-order valence-corrected chi connectivity index (χ0v) is 20.4. The van der Waals surface area contributed by atoms with Gasteiger partial charge in [-0.1, -0.05) is 97.1 Å². The molecule has 0 saturated carbocycles. The molecule has 0 radical (unpaired) electrons. The molecule has 0 bridgehead atoms. The minimum Gasteiger partial charge on any atom is -0.385 e. The van der Waals surface area contributed by atoms with Gasteiger partial charge in [-0.25, -0.2) is 0 Å². The van der Waals surface area contributed by atoms with Gasteiger partial charge in [-0.05, 0) is 16.7 Å². The summed E-state index contributed by atoms with van der Waals surface area (Å²) < 4.78 is 30.6. The summed E-state index contributed by atoms with van der Waals surface area (Å²) >= 11 is 0. The van der Waals surface area contributed by atoms with E-state index in [0.717, 1.165) is 16.7 Å². The second-order valence-electron chi connectivity index (χ2n) is 8.68. The zero-order chi connectivity index (χ0) is 25.0. The van der Waals surface area contributed by atoms with Gasteiger partial charge >= 0.3 is 0 Å². The van der Waals surface area contributed by atoms with Crippen LogP contribution < -0.4 is 0 Å². The molecule has 3 aromatic rings. The second-order valence-corrected chi connectivity index (χ2v) is 8.68. The first-order valence-electron chi connectivity index (χ1n) is 12.2. The molecule has 4 rings (SSSR count). The molecule has 1 aliphatic heterocycles. The van der Waals surface area contributed by atoms with E-state index < -0.39 is 30.7 Å². The largest absolute Gasteiger partial charge is 0.385 e. The summed E-state index contributed by atoms with van der Waals surface area (Å²) in [5.41, 5.74) is 3.08. The van der Waals surface area contributed by atoms with Crippen LogP contribution in [0.3, 0.4) is 0 Å². The quantitative estimate of drug-likeness (QED) is 0.352. The van der Waals surface area contributed by atoms with E-state index in [1.54, 1.807) is 6.08 Å². The van der Waals surface area contributed by atoms with Gasteiger partial charge in [-0.2, -0.15) is 0 Å². The minimum atomic E-state index is -1.06. The van der Waals surface area contributed by atoms with Gasteiger partial charge in [0, 0.05) is 0 Å². The Bertz CT molecular complexity index is 1010. The Morgan fingerprint density at radius 2 is 1.19 bits per heavy atom. The number of hydrogen-bond donors (Lipinski definition) is 1. The highest BCUT2D eigenvalue weighted by Crippen LogP contribution is 2.29. The molecule has 0 amide bonds. The molecule has 3 aromatic carbocycles. The smallest absolute Gasteiger partial charge is 0.187 e. The van der Waals surface area contributed by atoms with Crippen LogP contribution in [0, 0.1) is 0 Å². The Hall–Kier alpha value is -2.84. The van der Waals surface area contributed by atoms with Gasteiger partial charge in [0.25, 0.3) is 0 Å². The second kappa shape index (κ2) is 14.0. The first-order valence-corrected chi connectivity index (χ1v) is 12.2. The van der Waals surface area contributed by atoms with Crippen LogP contribution in [-0.2, 0) is 43.5 Å². The molecule has 1 saturated heterocycles. The van der Waals surface area contributed by atoms with Gasteiger partial charge < -0.3 is 28.8 Å². The van der Waals surface area contributed by atoms with Crippen molar-refractivity contribution in [3.05, 3.63) is 120 Å². The molecular formula is C30H34O6. The molecule has 190 valence electrons. The fourth-order valence-electron chi connectivity index (χ4n) is 4.12. The minimum absolute atomic E-state index is 0.236. The van der Waals surface area contributed by atoms with Crippen molar-refractivity contribution < 1.29 is 28.8 Å². The van der Waals surface area contributed by atoms with Crippen LogP contribution in [0.15, 0.2) is 104 Å². The summed E-state index contributed by atoms with van der Waals surface area (Å²) in [6.07, 6.45) is -2.12. The third-order valence-electron chi connectivity index (χ3n) is 5.96. The molecule has 5 atom stereocenters. The SMILES string of the molecule is C=CCO[C@H]1OC(COCc2ccccc2)[C@@H](OCc2ccccc2)C(OCc2ccccc2)C1O. The van der Waals surface area contributed by atoms with E-state index in [1.165, 1.54) is 0 Å². The number of benzene rings is 3. The van der Waals surface area contributed by atoms with Crippen molar-refractivity contribution in [2.24, 2.45) is 0 Å². The number of rotatable bonds is 13. The van der Waals surface area contributed by atoms with Gasteiger partial charge in [-0.3, -0.25) is 0 Å².